The summed E-state index contributed by atoms with van der Waals surface area (Å²) < 4.78 is 36.4. The molecule has 0 unspecified atom stereocenters. The molecule has 12 heteroatoms. The van der Waals surface area contributed by atoms with E-state index in [4.69, 9.17) is 9.47 Å². The number of nitrogens with zero attached hydrogens (tertiary/aromatic N) is 3. The maximum atomic E-state index is 12.6. The van der Waals surface area contributed by atoms with Crippen LogP contribution in [-0.4, -0.2) is 121 Å². The van der Waals surface area contributed by atoms with E-state index in [2.05, 4.69) is 29.2 Å². The molecular formula is C26H46N4NaO6S-. The van der Waals surface area contributed by atoms with Gasteiger partial charge in [-0.15, -0.1) is 0 Å². The SMILES string of the molecule is CN[C@H]1CCC[C@@H](N2CCN(C)CC2)C1.COc1cc(C)c(S(=O)(=O)N(C)CCOC[C-]=O)c(C)c1.[Na+].[OH-]. The van der Waals surface area contributed by atoms with E-state index in [9.17, 15) is 13.2 Å². The molecule has 1 heterocycles. The molecule has 1 saturated heterocycles. The first-order valence-corrected chi connectivity index (χ1v) is 14.2. The molecule has 1 saturated carbocycles. The van der Waals surface area contributed by atoms with Crippen molar-refractivity contribution in [3.05, 3.63) is 23.3 Å². The molecule has 1 aromatic carbocycles. The Hall–Kier alpha value is -0.600. The zero-order chi connectivity index (χ0) is 26.7. The fourth-order valence-electron chi connectivity index (χ4n) is 4.96. The topological polar surface area (TPSA) is 121 Å². The van der Waals surface area contributed by atoms with Crippen molar-refractivity contribution in [2.24, 2.45) is 0 Å². The van der Waals surface area contributed by atoms with Crippen molar-refractivity contribution in [2.45, 2.75) is 56.5 Å². The summed E-state index contributed by atoms with van der Waals surface area (Å²) in [5.41, 5.74) is 1.25. The Balaban J connectivity index is 0.000000714. The Morgan fingerprint density at radius 2 is 1.74 bits per heavy atom. The standard InChI is InChI=1S/C14H20NO5S.C12H25N3.Na.H2O/c1-11-9-13(19-4)10-12(2)14(11)21(17,18)15(3)5-7-20-8-6-16;1-13-11-4-3-5-12(10-11)15-8-6-14(2)7-9-15;;/h9-10H,5,7-8H2,1-4H3;11-13H,3-10H2,1-2H3;;1H2/q-1;;+1;/p-1/t;11-,12+;;/m.0../s1. The van der Waals surface area contributed by atoms with Gasteiger partial charge in [0.05, 0.1) is 18.6 Å². The number of rotatable bonds is 10. The largest absolute Gasteiger partial charge is 1.00 e. The second-order valence-corrected chi connectivity index (χ2v) is 11.7. The van der Waals surface area contributed by atoms with Crippen molar-refractivity contribution in [2.75, 3.05) is 74.2 Å². The predicted molar refractivity (Wildman–Crippen MR) is 145 cm³/mol. The van der Waals surface area contributed by atoms with E-state index in [1.54, 1.807) is 32.3 Å². The molecule has 0 amide bonds. The molecule has 1 aliphatic carbocycles. The third-order valence-corrected chi connectivity index (χ3v) is 9.32. The second-order valence-electron chi connectivity index (χ2n) is 9.76. The molecule has 38 heavy (non-hydrogen) atoms. The summed E-state index contributed by atoms with van der Waals surface area (Å²) in [7, 11) is 3.74. The normalized spacial score (nSPS) is 20.5. The number of ether oxygens (including phenoxy) is 2. The van der Waals surface area contributed by atoms with Gasteiger partial charge in [0.1, 0.15) is 5.75 Å². The van der Waals surface area contributed by atoms with Gasteiger partial charge < -0.3 is 30.0 Å². The monoisotopic (exact) mass is 565 g/mol. The van der Waals surface area contributed by atoms with Gasteiger partial charge in [0.25, 0.3) is 0 Å². The van der Waals surface area contributed by atoms with Crippen LogP contribution in [0.1, 0.15) is 36.8 Å². The van der Waals surface area contributed by atoms with Gasteiger partial charge in [-0.2, -0.15) is 4.31 Å². The van der Waals surface area contributed by atoms with Crippen LogP contribution in [0.15, 0.2) is 17.0 Å². The second kappa shape index (κ2) is 18.7. The minimum Gasteiger partial charge on any atom is -0.870 e. The van der Waals surface area contributed by atoms with Gasteiger partial charge in [-0.3, -0.25) is 4.90 Å². The van der Waals surface area contributed by atoms with Gasteiger partial charge >= 0.3 is 29.6 Å². The average molecular weight is 566 g/mol. The Morgan fingerprint density at radius 1 is 1.13 bits per heavy atom. The molecule has 0 radical (unpaired) electrons. The molecule has 2 atom stereocenters. The molecule has 10 nitrogen and oxygen atoms in total. The van der Waals surface area contributed by atoms with Crippen molar-refractivity contribution < 1.29 is 57.7 Å². The van der Waals surface area contributed by atoms with Gasteiger partial charge in [-0.1, -0.05) is 6.42 Å². The Morgan fingerprint density at radius 3 is 2.26 bits per heavy atom. The average Bonchev–Trinajstić information content (AvgIpc) is 2.86. The summed E-state index contributed by atoms with van der Waals surface area (Å²) >= 11 is 0. The Kier molecular flexibility index (Phi) is 18.4. The maximum Gasteiger partial charge on any atom is 1.00 e. The van der Waals surface area contributed by atoms with E-state index in [1.165, 1.54) is 70.3 Å². The summed E-state index contributed by atoms with van der Waals surface area (Å²) in [5, 5.41) is 3.44. The first-order valence-electron chi connectivity index (χ1n) is 12.8. The van der Waals surface area contributed by atoms with E-state index in [0.717, 1.165) is 12.1 Å². The molecule has 2 N–H and O–H groups in total. The first-order chi connectivity index (χ1) is 17.1. The number of hydrogen-bond acceptors (Lipinski definition) is 9. The van der Waals surface area contributed by atoms with E-state index in [-0.39, 0.29) is 59.7 Å². The van der Waals surface area contributed by atoms with Crippen LogP contribution in [0.25, 0.3) is 0 Å². The minimum absolute atomic E-state index is 0. The number of sulfonamides is 1. The van der Waals surface area contributed by atoms with Crippen molar-refractivity contribution >= 4 is 16.3 Å². The molecule has 2 fully saturated rings. The molecule has 0 spiro atoms. The van der Waals surface area contributed by atoms with Crippen LogP contribution in [-0.2, 0) is 19.6 Å². The van der Waals surface area contributed by atoms with Crippen LogP contribution in [0.3, 0.4) is 0 Å². The van der Waals surface area contributed by atoms with E-state index in [1.807, 2.05) is 0 Å². The summed E-state index contributed by atoms with van der Waals surface area (Å²) in [6.45, 7) is 8.65. The Bertz CT molecular complexity index is 905. The number of benzene rings is 1. The van der Waals surface area contributed by atoms with Gasteiger partial charge in [0.15, 0.2) is 0 Å². The van der Waals surface area contributed by atoms with Gasteiger partial charge in [-0.25, -0.2) is 14.7 Å². The van der Waals surface area contributed by atoms with Gasteiger partial charge in [0.2, 0.25) is 10.0 Å². The Labute approximate surface area is 252 Å². The third kappa shape index (κ3) is 11.1. The minimum atomic E-state index is -3.61. The van der Waals surface area contributed by atoms with Crippen molar-refractivity contribution in [3.63, 3.8) is 0 Å². The van der Waals surface area contributed by atoms with E-state index >= 15 is 0 Å². The summed E-state index contributed by atoms with van der Waals surface area (Å²) in [6, 6.07) is 4.99. The van der Waals surface area contributed by atoms with Gasteiger partial charge in [-0.05, 0) is 77.1 Å². The predicted octanol–water partition coefficient (Wildman–Crippen LogP) is -1.35. The quantitative estimate of drug-likeness (QED) is 0.209. The zero-order valence-corrected chi connectivity index (χ0v) is 27.1. The summed E-state index contributed by atoms with van der Waals surface area (Å²) in [4.78, 5) is 15.4. The van der Waals surface area contributed by atoms with Crippen LogP contribution >= 0.6 is 0 Å². The number of aryl methyl sites for hydroxylation is 2. The van der Waals surface area contributed by atoms with Crippen LogP contribution in [0, 0.1) is 13.8 Å². The smallest absolute Gasteiger partial charge is 0.870 e. The summed E-state index contributed by atoms with van der Waals surface area (Å²) in [6.07, 6.45) is 7.15. The van der Waals surface area contributed by atoms with Crippen molar-refractivity contribution in [1.29, 1.82) is 0 Å². The molecule has 3 rings (SSSR count). The molecule has 214 valence electrons. The number of nitrogens with one attached hydrogen (secondary N) is 1. The number of likely N-dealkylation sites (N-methyl/N-ethyl adjacent to an activating group) is 2. The molecule has 0 bridgehead atoms. The maximum absolute atomic E-state index is 12.6. The molecule has 1 aliphatic heterocycles. The number of piperazine rings is 1. The van der Waals surface area contributed by atoms with Crippen molar-refractivity contribution in [3.8, 4) is 5.75 Å². The zero-order valence-electron chi connectivity index (χ0n) is 24.3. The molecular weight excluding hydrogens is 519 g/mol. The first kappa shape index (κ1) is 37.4. The fourth-order valence-corrected chi connectivity index (χ4v) is 6.52. The van der Waals surface area contributed by atoms with Crippen LogP contribution in [0.4, 0.5) is 0 Å². The summed E-state index contributed by atoms with van der Waals surface area (Å²) in [5.74, 6) is 0.622. The third-order valence-electron chi connectivity index (χ3n) is 7.16. The van der Waals surface area contributed by atoms with Crippen molar-refractivity contribution in [1.82, 2.24) is 19.4 Å². The number of hydrogen-bond donors (Lipinski definition) is 1. The van der Waals surface area contributed by atoms with Crippen LogP contribution < -0.4 is 39.6 Å². The van der Waals surface area contributed by atoms with Gasteiger partial charge in [0, 0.05) is 51.9 Å². The van der Waals surface area contributed by atoms with Crippen LogP contribution in [0.5, 0.6) is 5.75 Å². The fraction of sp³-hybridized carbons (Fsp3) is 0.731. The van der Waals surface area contributed by atoms with E-state index < -0.39 is 10.0 Å². The molecule has 1 aromatic rings. The number of carbonyl (C=O) groups excluding carboxylic acids is 1. The molecule has 0 aromatic heterocycles. The van der Waals surface area contributed by atoms with Crippen LogP contribution in [0.2, 0.25) is 0 Å². The molecule has 2 aliphatic rings. The number of methoxy groups -OCH3 is 1. The van der Waals surface area contributed by atoms with E-state index in [0.29, 0.717) is 16.9 Å².